The van der Waals surface area contributed by atoms with Crippen molar-refractivity contribution >= 4 is 67.6 Å². The van der Waals surface area contributed by atoms with Crippen LogP contribution in [0.5, 0.6) is 0 Å². The van der Waals surface area contributed by atoms with Crippen LogP contribution >= 0.6 is 39.0 Å². The van der Waals surface area contributed by atoms with Gasteiger partial charge in [-0.05, 0) is 35.9 Å². The van der Waals surface area contributed by atoms with Crippen molar-refractivity contribution in [3.05, 3.63) is 106 Å². The number of thiazole rings is 1. The largest absolute Gasteiger partial charge is 0.478 e. The molecule has 3 aromatic carbocycles. The summed E-state index contributed by atoms with van der Waals surface area (Å²) in [6.07, 6.45) is 1.71. The van der Waals surface area contributed by atoms with Gasteiger partial charge in [-0.3, -0.25) is 9.59 Å². The second-order valence-corrected chi connectivity index (χ2v) is 10.6. The molecule has 3 N–H and O–H groups in total. The van der Waals surface area contributed by atoms with Crippen molar-refractivity contribution in [3.8, 4) is 11.3 Å². The van der Waals surface area contributed by atoms with Gasteiger partial charge >= 0.3 is 5.97 Å². The number of carboxylic acid groups (broad SMARTS) is 1. The van der Waals surface area contributed by atoms with E-state index in [1.807, 2.05) is 66.0 Å². The van der Waals surface area contributed by atoms with E-state index in [0.29, 0.717) is 10.8 Å². The highest BCUT2D eigenvalue weighted by molar-refractivity contribution is 9.10. The molecule has 0 aliphatic carbocycles. The lowest BCUT2D eigenvalue weighted by Crippen LogP contribution is -2.19. The van der Waals surface area contributed by atoms with Crippen LogP contribution < -0.4 is 10.6 Å². The number of carbonyl (C=O) groups is 3. The number of hydrogen-bond acceptors (Lipinski definition) is 6. The van der Waals surface area contributed by atoms with E-state index in [1.54, 1.807) is 18.2 Å². The molecule has 1 heterocycles. The minimum Gasteiger partial charge on any atom is -0.478 e. The smallest absolute Gasteiger partial charge is 0.328 e. The van der Waals surface area contributed by atoms with Crippen LogP contribution in [0.2, 0.25) is 0 Å². The molecule has 0 saturated heterocycles. The number of halogens is 1. The summed E-state index contributed by atoms with van der Waals surface area (Å²) < 4.78 is 0.975. The molecular formula is C27H20BrN3O4S2. The fourth-order valence-corrected chi connectivity index (χ4v) is 5.34. The summed E-state index contributed by atoms with van der Waals surface area (Å²) in [4.78, 5) is 41.3. The Labute approximate surface area is 229 Å². The second-order valence-electron chi connectivity index (χ2n) is 7.63. The minimum atomic E-state index is -1.21. The summed E-state index contributed by atoms with van der Waals surface area (Å²) in [6.45, 7) is 0. The Kier molecular flexibility index (Phi) is 8.89. The molecule has 0 fully saturated rings. The number of amides is 2. The van der Waals surface area contributed by atoms with Gasteiger partial charge in [0, 0.05) is 38.2 Å². The Balaban J connectivity index is 1.51. The second kappa shape index (κ2) is 12.5. The number of carbonyl (C=O) groups excluding carboxylic acids is 2. The predicted octanol–water partition coefficient (Wildman–Crippen LogP) is 6.62. The molecule has 1 aromatic heterocycles. The zero-order chi connectivity index (χ0) is 26.2. The first kappa shape index (κ1) is 26.3. The van der Waals surface area contributed by atoms with Crippen LogP contribution in [0.15, 0.2) is 106 Å². The number of anilines is 2. The van der Waals surface area contributed by atoms with Gasteiger partial charge in [-0.25, -0.2) is 9.78 Å². The molecular weight excluding hydrogens is 574 g/mol. The minimum absolute atomic E-state index is 0.230. The quantitative estimate of drug-likeness (QED) is 0.148. The lowest BCUT2D eigenvalue weighted by molar-refractivity contribution is -0.131. The summed E-state index contributed by atoms with van der Waals surface area (Å²) in [6, 6.07) is 24.2. The molecule has 4 rings (SSSR count). The third-order valence-electron chi connectivity index (χ3n) is 4.95. The third kappa shape index (κ3) is 7.63. The van der Waals surface area contributed by atoms with Crippen LogP contribution in [0, 0.1) is 0 Å². The molecule has 0 radical (unpaired) electrons. The molecule has 10 heteroatoms. The standard InChI is InChI=1S/C27H20BrN3O4S2/c28-19-11-9-17(10-12-19)22-16-36-27(30-22)31-26(35)25(18-5-2-1-3-6-18)37-21-8-4-7-20(15-21)29-23(32)13-14-24(33)34/h1-16,25H,(H,29,32)(H,33,34)(H,30,31,35)/b14-13+. The SMILES string of the molecule is O=C(O)/C=C/C(=O)Nc1cccc(SC(C(=O)Nc2nc(-c3ccc(Br)cc3)cs2)c2ccccc2)c1. The molecule has 7 nitrogen and oxygen atoms in total. The Morgan fingerprint density at radius 3 is 2.43 bits per heavy atom. The number of carboxylic acids is 1. The highest BCUT2D eigenvalue weighted by Gasteiger charge is 2.23. The van der Waals surface area contributed by atoms with Gasteiger partial charge in [0.1, 0.15) is 5.25 Å². The van der Waals surface area contributed by atoms with Crippen LogP contribution in [0.3, 0.4) is 0 Å². The van der Waals surface area contributed by atoms with Gasteiger partial charge in [-0.2, -0.15) is 0 Å². The Morgan fingerprint density at radius 1 is 0.946 bits per heavy atom. The number of nitrogens with zero attached hydrogens (tertiary/aromatic N) is 1. The van der Waals surface area contributed by atoms with Crippen LogP contribution in [0.4, 0.5) is 10.8 Å². The van der Waals surface area contributed by atoms with Crippen LogP contribution in [-0.2, 0) is 14.4 Å². The fraction of sp³-hybridized carbons (Fsp3) is 0.0370. The van der Waals surface area contributed by atoms with Crippen molar-refractivity contribution in [2.24, 2.45) is 0 Å². The molecule has 4 aromatic rings. The molecule has 0 saturated carbocycles. The van der Waals surface area contributed by atoms with Gasteiger partial charge in [0.15, 0.2) is 5.13 Å². The van der Waals surface area contributed by atoms with Crippen molar-refractivity contribution in [2.45, 2.75) is 10.1 Å². The van der Waals surface area contributed by atoms with Gasteiger partial charge in [0.2, 0.25) is 11.8 Å². The molecule has 0 aliphatic rings. The van der Waals surface area contributed by atoms with E-state index in [9.17, 15) is 14.4 Å². The fourth-order valence-electron chi connectivity index (χ4n) is 3.27. The normalized spacial score (nSPS) is 11.7. The van der Waals surface area contributed by atoms with E-state index in [2.05, 4.69) is 31.5 Å². The van der Waals surface area contributed by atoms with Crippen molar-refractivity contribution in [1.82, 2.24) is 4.98 Å². The molecule has 186 valence electrons. The van der Waals surface area contributed by atoms with Crippen molar-refractivity contribution < 1.29 is 19.5 Å². The molecule has 37 heavy (non-hydrogen) atoms. The number of aliphatic carboxylic acids is 1. The Hall–Kier alpha value is -3.73. The lowest BCUT2D eigenvalue weighted by atomic mass is 10.1. The van der Waals surface area contributed by atoms with Gasteiger partial charge in [-0.15, -0.1) is 23.1 Å². The average Bonchev–Trinajstić information content (AvgIpc) is 3.35. The monoisotopic (exact) mass is 593 g/mol. The zero-order valence-electron chi connectivity index (χ0n) is 19.1. The van der Waals surface area contributed by atoms with Gasteiger partial charge in [0.05, 0.1) is 5.69 Å². The maximum absolute atomic E-state index is 13.4. The molecule has 1 unspecified atom stereocenters. The topological polar surface area (TPSA) is 108 Å². The van der Waals surface area contributed by atoms with Crippen LogP contribution in [0.1, 0.15) is 10.8 Å². The first-order chi connectivity index (χ1) is 17.9. The van der Waals surface area contributed by atoms with Crippen molar-refractivity contribution in [2.75, 3.05) is 10.6 Å². The highest BCUT2D eigenvalue weighted by Crippen LogP contribution is 2.37. The molecule has 1 atom stereocenters. The average molecular weight is 595 g/mol. The van der Waals surface area contributed by atoms with E-state index >= 15 is 0 Å². The first-order valence-corrected chi connectivity index (χ1v) is 13.5. The maximum atomic E-state index is 13.4. The first-order valence-electron chi connectivity index (χ1n) is 10.9. The number of thioether (sulfide) groups is 1. The van der Waals surface area contributed by atoms with E-state index in [4.69, 9.17) is 5.11 Å². The number of aromatic nitrogens is 1. The van der Waals surface area contributed by atoms with E-state index < -0.39 is 17.1 Å². The summed E-state index contributed by atoms with van der Waals surface area (Å²) in [7, 11) is 0. The summed E-state index contributed by atoms with van der Waals surface area (Å²) in [5.74, 6) is -2.00. The van der Waals surface area contributed by atoms with E-state index in [0.717, 1.165) is 38.3 Å². The number of benzene rings is 3. The number of nitrogens with one attached hydrogen (secondary N) is 2. The number of rotatable bonds is 9. The predicted molar refractivity (Wildman–Crippen MR) is 151 cm³/mol. The van der Waals surface area contributed by atoms with E-state index in [-0.39, 0.29) is 5.91 Å². The molecule has 0 bridgehead atoms. The van der Waals surface area contributed by atoms with Crippen LogP contribution in [-0.4, -0.2) is 27.9 Å². The summed E-state index contributed by atoms with van der Waals surface area (Å²) in [5.41, 5.74) is 3.02. The highest BCUT2D eigenvalue weighted by atomic mass is 79.9. The van der Waals surface area contributed by atoms with Crippen molar-refractivity contribution in [3.63, 3.8) is 0 Å². The zero-order valence-corrected chi connectivity index (χ0v) is 22.3. The summed E-state index contributed by atoms with van der Waals surface area (Å²) >= 11 is 6.11. The van der Waals surface area contributed by atoms with E-state index in [1.165, 1.54) is 23.1 Å². The maximum Gasteiger partial charge on any atom is 0.328 e. The van der Waals surface area contributed by atoms with Gasteiger partial charge in [-0.1, -0.05) is 64.5 Å². The lowest BCUT2D eigenvalue weighted by Gasteiger charge is -2.17. The Morgan fingerprint density at radius 2 is 1.70 bits per heavy atom. The summed E-state index contributed by atoms with van der Waals surface area (Å²) in [5, 5.41) is 16.1. The van der Waals surface area contributed by atoms with Gasteiger partial charge < -0.3 is 15.7 Å². The molecule has 0 spiro atoms. The van der Waals surface area contributed by atoms with Crippen LogP contribution in [0.25, 0.3) is 11.3 Å². The third-order valence-corrected chi connectivity index (χ3v) is 7.48. The Bertz CT molecular complexity index is 1440. The molecule has 0 aliphatic heterocycles. The number of hydrogen-bond donors (Lipinski definition) is 3. The molecule has 2 amide bonds. The van der Waals surface area contributed by atoms with Gasteiger partial charge in [0.25, 0.3) is 0 Å². The van der Waals surface area contributed by atoms with Crippen molar-refractivity contribution in [1.29, 1.82) is 0 Å².